The number of carbonyl (C=O) groups excluding carboxylic acids is 2. The molecule has 10 rings (SSSR count). The van der Waals surface area contributed by atoms with E-state index in [1.165, 1.54) is 0 Å². The number of para-hydroxylation sites is 2. The van der Waals surface area contributed by atoms with E-state index in [2.05, 4.69) is 52.0 Å². The molecule has 294 valence electrons. The summed E-state index contributed by atoms with van der Waals surface area (Å²) in [5.41, 5.74) is 6.68. The number of amidine groups is 2. The van der Waals surface area contributed by atoms with E-state index in [1.54, 1.807) is 22.7 Å². The van der Waals surface area contributed by atoms with Crippen LogP contribution in [0.2, 0.25) is 0 Å². The van der Waals surface area contributed by atoms with Crippen LogP contribution in [0.3, 0.4) is 0 Å². The maximum atomic E-state index is 14.1. The lowest BCUT2D eigenvalue weighted by molar-refractivity contribution is -0.124. The zero-order valence-electron chi connectivity index (χ0n) is 32.5. The molecule has 4 heterocycles. The van der Waals surface area contributed by atoms with E-state index in [1.807, 2.05) is 72.8 Å². The van der Waals surface area contributed by atoms with Crippen LogP contribution in [0.1, 0.15) is 74.8 Å². The summed E-state index contributed by atoms with van der Waals surface area (Å²) in [6.07, 6.45) is 9.94. The Bertz CT molecular complexity index is 2720. The molecule has 0 saturated heterocycles. The molecular weight excluding hydrogens is 771 g/mol. The molecule has 2 saturated carbocycles. The highest BCUT2D eigenvalue weighted by Gasteiger charge is 2.34. The number of H-pyrrole nitrogens is 1. The molecule has 59 heavy (non-hydrogen) atoms. The topological polar surface area (TPSA) is 124 Å². The molecule has 2 amide bonds. The summed E-state index contributed by atoms with van der Waals surface area (Å²) in [5, 5.41) is 8.15. The van der Waals surface area contributed by atoms with Crippen LogP contribution in [0.15, 0.2) is 119 Å². The Hall–Kier alpha value is -6.04. The fourth-order valence-electron chi connectivity index (χ4n) is 8.71. The molecule has 3 aromatic heterocycles. The molecule has 7 aromatic rings. The van der Waals surface area contributed by atoms with Gasteiger partial charge in [-0.2, -0.15) is 0 Å². The van der Waals surface area contributed by atoms with E-state index < -0.39 is 0 Å². The number of nitrogens with zero attached hydrogens (tertiary/aromatic N) is 4. The first kappa shape index (κ1) is 37.2. The van der Waals surface area contributed by atoms with Crippen molar-refractivity contribution in [3.8, 4) is 21.7 Å². The van der Waals surface area contributed by atoms with Gasteiger partial charge < -0.3 is 15.6 Å². The summed E-state index contributed by atoms with van der Waals surface area (Å²) < 4.78 is 2.09. The van der Waals surface area contributed by atoms with Crippen molar-refractivity contribution in [3.63, 3.8) is 0 Å². The average Bonchev–Trinajstić information content (AvgIpc) is 4.07. The lowest BCUT2D eigenvalue weighted by atomic mass is 9.88. The number of aliphatic imine (C=N–C) groups is 2. The Morgan fingerprint density at radius 2 is 1.10 bits per heavy atom. The van der Waals surface area contributed by atoms with Crippen molar-refractivity contribution in [3.05, 3.63) is 120 Å². The second-order valence-electron chi connectivity index (χ2n) is 15.6. The Labute approximate surface area is 350 Å². The highest BCUT2D eigenvalue weighted by Crippen LogP contribution is 2.48. The van der Waals surface area contributed by atoms with E-state index in [9.17, 15) is 9.59 Å². The second-order valence-corrected chi connectivity index (χ2v) is 17.7. The summed E-state index contributed by atoms with van der Waals surface area (Å²) in [4.78, 5) is 52.6. The third-order valence-electron chi connectivity index (χ3n) is 11.7. The van der Waals surface area contributed by atoms with Gasteiger partial charge >= 0.3 is 0 Å². The lowest BCUT2D eigenvalue weighted by Crippen LogP contribution is -2.36. The van der Waals surface area contributed by atoms with Crippen LogP contribution in [0.4, 0.5) is 11.6 Å². The van der Waals surface area contributed by atoms with Crippen LogP contribution in [-0.4, -0.2) is 38.4 Å². The number of rotatable bonds is 8. The third-order valence-corrected chi connectivity index (χ3v) is 13.8. The number of thiazole rings is 2. The molecule has 3 N–H and O–H groups in total. The zero-order chi connectivity index (χ0) is 39.7. The van der Waals surface area contributed by atoms with Crippen LogP contribution in [0.5, 0.6) is 0 Å². The molecule has 0 bridgehead atoms. The first-order valence-corrected chi connectivity index (χ1v) is 22.3. The number of aromatic nitrogens is 3. The van der Waals surface area contributed by atoms with Gasteiger partial charge in [-0.3, -0.25) is 9.59 Å². The SMILES string of the molecule is O=C(NC1=NC(=Nc2[nH]c(NC(=O)C3CCCCC3)c(-c3nc4ccccc4s3)c2-c2ccccc2)C(c2ccccc2)=C1c1nc2ccccc2s1)C1CCCCC1. The highest BCUT2D eigenvalue weighted by molar-refractivity contribution is 7.21. The van der Waals surface area contributed by atoms with Gasteiger partial charge in [-0.1, -0.05) is 123 Å². The summed E-state index contributed by atoms with van der Waals surface area (Å²) in [7, 11) is 0. The van der Waals surface area contributed by atoms with Crippen molar-refractivity contribution in [1.82, 2.24) is 20.3 Å². The largest absolute Gasteiger partial charge is 0.325 e. The van der Waals surface area contributed by atoms with Gasteiger partial charge in [0.1, 0.15) is 27.5 Å². The first-order valence-electron chi connectivity index (χ1n) is 20.7. The minimum atomic E-state index is -0.0796. The summed E-state index contributed by atoms with van der Waals surface area (Å²) >= 11 is 3.16. The smallest absolute Gasteiger partial charge is 0.228 e. The normalized spacial score (nSPS) is 17.2. The average molecular weight is 814 g/mol. The lowest BCUT2D eigenvalue weighted by Gasteiger charge is -2.21. The monoisotopic (exact) mass is 813 g/mol. The Kier molecular flexibility index (Phi) is 10.3. The maximum Gasteiger partial charge on any atom is 0.228 e. The van der Waals surface area contributed by atoms with Crippen LogP contribution in [-0.2, 0) is 9.59 Å². The van der Waals surface area contributed by atoms with Crippen molar-refractivity contribution in [2.24, 2.45) is 21.8 Å². The number of fused-ring (bicyclic) bond motifs is 2. The molecule has 9 nitrogen and oxygen atoms in total. The van der Waals surface area contributed by atoms with Crippen LogP contribution in [0.25, 0.3) is 53.3 Å². The standard InChI is InChI=1S/C48H43N7O2S2/c56-45(31-21-9-3-10-22-31)54-43-39(47-49-33-25-13-15-27-35(33)58-47)37(29-17-5-1-6-18-29)41(52-43)51-42-38(30-19-7-2-8-20-30)40(48-50-34-26-14-16-28-36(34)59-48)44(53-42)55-46(57)32-23-11-4-12-24-32/h1-2,5-8,13-20,25-28,31-32,52H,3-4,9-12,21-24H2,(H,54,56)(H,51,53,55,57). The number of aromatic amines is 1. The fourth-order valence-corrected chi connectivity index (χ4v) is 10.7. The molecule has 0 atom stereocenters. The minimum Gasteiger partial charge on any atom is -0.325 e. The molecule has 0 unspecified atom stereocenters. The van der Waals surface area contributed by atoms with Crippen LogP contribution in [0, 0.1) is 11.8 Å². The molecular formula is C48H43N7O2S2. The predicted molar refractivity (Wildman–Crippen MR) is 242 cm³/mol. The van der Waals surface area contributed by atoms with Gasteiger partial charge in [-0.15, -0.1) is 22.7 Å². The van der Waals surface area contributed by atoms with Gasteiger partial charge in [0.15, 0.2) is 5.84 Å². The fraction of sp³-hybridized carbons (Fsp3) is 0.250. The number of hydrogen-bond donors (Lipinski definition) is 3. The van der Waals surface area contributed by atoms with Crippen LogP contribution >= 0.6 is 22.7 Å². The molecule has 11 heteroatoms. The zero-order valence-corrected chi connectivity index (χ0v) is 34.2. The van der Waals surface area contributed by atoms with Crippen molar-refractivity contribution in [2.75, 3.05) is 5.32 Å². The third kappa shape index (κ3) is 7.45. The number of carbonyl (C=O) groups is 2. The molecule has 2 aliphatic carbocycles. The van der Waals surface area contributed by atoms with Crippen molar-refractivity contribution >= 4 is 89.4 Å². The summed E-state index contributed by atoms with van der Waals surface area (Å²) in [5.74, 6) is 1.80. The second kappa shape index (κ2) is 16.3. The Morgan fingerprint density at radius 3 is 1.71 bits per heavy atom. The maximum absolute atomic E-state index is 14.1. The molecule has 3 aliphatic rings. The highest BCUT2D eigenvalue weighted by atomic mass is 32.1. The van der Waals surface area contributed by atoms with Gasteiger partial charge in [0, 0.05) is 23.0 Å². The number of amides is 2. The van der Waals surface area contributed by atoms with Crippen molar-refractivity contribution < 1.29 is 9.59 Å². The molecule has 4 aromatic carbocycles. The van der Waals surface area contributed by atoms with Gasteiger partial charge in [0.2, 0.25) is 11.8 Å². The summed E-state index contributed by atoms with van der Waals surface area (Å²) in [6.45, 7) is 0. The van der Waals surface area contributed by atoms with Crippen LogP contribution < -0.4 is 10.6 Å². The van der Waals surface area contributed by atoms with Gasteiger partial charge in [-0.05, 0) is 61.1 Å². The van der Waals surface area contributed by atoms with E-state index in [-0.39, 0.29) is 23.7 Å². The minimum absolute atomic E-state index is 0.00159. The number of benzene rings is 4. The molecule has 2 fully saturated rings. The van der Waals surface area contributed by atoms with Gasteiger partial charge in [-0.25, -0.2) is 20.0 Å². The quantitative estimate of drug-likeness (QED) is 0.141. The predicted octanol–water partition coefficient (Wildman–Crippen LogP) is 11.8. The number of anilines is 1. The van der Waals surface area contributed by atoms with Gasteiger partial charge in [0.05, 0.1) is 31.6 Å². The molecule has 0 radical (unpaired) electrons. The molecule has 0 spiro atoms. The van der Waals surface area contributed by atoms with E-state index in [0.29, 0.717) is 23.3 Å². The first-order chi connectivity index (χ1) is 29.1. The van der Waals surface area contributed by atoms with Gasteiger partial charge in [0.25, 0.3) is 0 Å². The van der Waals surface area contributed by atoms with E-state index in [4.69, 9.17) is 20.0 Å². The number of nitrogens with one attached hydrogen (secondary N) is 3. The van der Waals surface area contributed by atoms with Crippen molar-refractivity contribution in [2.45, 2.75) is 64.2 Å². The van der Waals surface area contributed by atoms with Crippen molar-refractivity contribution in [1.29, 1.82) is 0 Å². The van der Waals surface area contributed by atoms with E-state index in [0.717, 1.165) is 128 Å². The Morgan fingerprint density at radius 1 is 0.576 bits per heavy atom. The van der Waals surface area contributed by atoms with E-state index >= 15 is 0 Å². The molecule has 1 aliphatic heterocycles. The summed E-state index contributed by atoms with van der Waals surface area (Å²) in [6, 6.07) is 36.4. The number of hydrogen-bond acceptors (Lipinski definition) is 7. The Balaban J connectivity index is 1.20.